The molecule has 1 aliphatic heterocycles. The van der Waals surface area contributed by atoms with Gasteiger partial charge in [-0.05, 0) is 49.7 Å². The van der Waals surface area contributed by atoms with Crippen LogP contribution in [-0.2, 0) is 11.2 Å². The van der Waals surface area contributed by atoms with E-state index in [1.165, 1.54) is 0 Å². The highest BCUT2D eigenvalue weighted by Gasteiger charge is 2.29. The van der Waals surface area contributed by atoms with E-state index in [4.69, 9.17) is 11.6 Å². The third-order valence-electron chi connectivity index (χ3n) is 5.31. The minimum absolute atomic E-state index is 0.0527. The average molecular weight is 436 g/mol. The SMILES string of the molecule is Cc1nc([C@H]2CCN(C(=O)Cc3ccccn3)C2)ncc1C(=O)Nc1ccc(Cl)cc1. The maximum atomic E-state index is 12.6. The van der Waals surface area contributed by atoms with E-state index in [0.29, 0.717) is 40.9 Å². The van der Waals surface area contributed by atoms with Crippen LogP contribution in [0.2, 0.25) is 5.02 Å². The molecule has 1 atom stereocenters. The van der Waals surface area contributed by atoms with Crippen LogP contribution in [-0.4, -0.2) is 44.8 Å². The van der Waals surface area contributed by atoms with Gasteiger partial charge in [0.1, 0.15) is 5.82 Å². The lowest BCUT2D eigenvalue weighted by molar-refractivity contribution is -0.129. The third kappa shape index (κ3) is 5.06. The van der Waals surface area contributed by atoms with Gasteiger partial charge in [0.05, 0.1) is 17.7 Å². The summed E-state index contributed by atoms with van der Waals surface area (Å²) < 4.78 is 0. The van der Waals surface area contributed by atoms with Gasteiger partial charge in [0.2, 0.25) is 5.91 Å². The summed E-state index contributed by atoms with van der Waals surface area (Å²) in [5.74, 6) is 0.496. The van der Waals surface area contributed by atoms with Gasteiger partial charge in [0.15, 0.2) is 0 Å². The molecule has 7 nitrogen and oxygen atoms in total. The number of halogens is 1. The second-order valence-corrected chi connectivity index (χ2v) is 7.95. The van der Waals surface area contributed by atoms with Crippen molar-refractivity contribution in [3.05, 3.63) is 82.7 Å². The molecule has 1 fully saturated rings. The summed E-state index contributed by atoms with van der Waals surface area (Å²) in [5, 5.41) is 3.43. The van der Waals surface area contributed by atoms with Gasteiger partial charge in [-0.2, -0.15) is 0 Å². The predicted octanol–water partition coefficient (Wildman–Crippen LogP) is 3.64. The minimum Gasteiger partial charge on any atom is -0.342 e. The number of hydrogen-bond donors (Lipinski definition) is 1. The van der Waals surface area contributed by atoms with E-state index in [2.05, 4.69) is 20.3 Å². The van der Waals surface area contributed by atoms with Crippen LogP contribution in [0.4, 0.5) is 5.69 Å². The van der Waals surface area contributed by atoms with E-state index in [1.807, 2.05) is 23.1 Å². The third-order valence-corrected chi connectivity index (χ3v) is 5.56. The Bertz CT molecular complexity index is 1090. The summed E-state index contributed by atoms with van der Waals surface area (Å²) in [6.45, 7) is 3.03. The summed E-state index contributed by atoms with van der Waals surface area (Å²) >= 11 is 5.88. The highest BCUT2D eigenvalue weighted by Crippen LogP contribution is 2.26. The molecule has 0 unspecified atom stereocenters. The highest BCUT2D eigenvalue weighted by atomic mass is 35.5. The summed E-state index contributed by atoms with van der Waals surface area (Å²) in [4.78, 5) is 40.2. The predicted molar refractivity (Wildman–Crippen MR) is 118 cm³/mol. The topological polar surface area (TPSA) is 88.1 Å². The molecule has 0 radical (unpaired) electrons. The van der Waals surface area contributed by atoms with Gasteiger partial charge in [0.25, 0.3) is 5.91 Å². The molecule has 31 heavy (non-hydrogen) atoms. The molecule has 0 saturated carbocycles. The van der Waals surface area contributed by atoms with Crippen molar-refractivity contribution in [2.45, 2.75) is 25.7 Å². The van der Waals surface area contributed by atoms with Crippen LogP contribution in [0.25, 0.3) is 0 Å². The lowest BCUT2D eigenvalue weighted by atomic mass is 10.1. The Morgan fingerprint density at radius 3 is 2.68 bits per heavy atom. The molecule has 2 amide bonds. The summed E-state index contributed by atoms with van der Waals surface area (Å²) in [6.07, 6.45) is 4.33. The van der Waals surface area contributed by atoms with Crippen LogP contribution in [0.15, 0.2) is 54.9 Å². The Hall–Kier alpha value is -3.32. The van der Waals surface area contributed by atoms with Crippen LogP contribution >= 0.6 is 11.6 Å². The number of rotatable bonds is 5. The second kappa shape index (κ2) is 9.22. The van der Waals surface area contributed by atoms with Crippen molar-refractivity contribution >= 4 is 29.1 Å². The number of anilines is 1. The van der Waals surface area contributed by atoms with Crippen molar-refractivity contribution in [3.63, 3.8) is 0 Å². The van der Waals surface area contributed by atoms with E-state index in [1.54, 1.807) is 43.6 Å². The van der Waals surface area contributed by atoms with Crippen molar-refractivity contribution in [3.8, 4) is 0 Å². The molecule has 1 N–H and O–H groups in total. The summed E-state index contributed by atoms with van der Waals surface area (Å²) in [6, 6.07) is 12.5. The molecule has 4 rings (SSSR count). The van der Waals surface area contributed by atoms with Crippen LogP contribution in [0, 0.1) is 6.92 Å². The molecular formula is C23H22ClN5O2. The van der Waals surface area contributed by atoms with Gasteiger partial charge < -0.3 is 10.2 Å². The smallest absolute Gasteiger partial charge is 0.259 e. The highest BCUT2D eigenvalue weighted by molar-refractivity contribution is 6.30. The Morgan fingerprint density at radius 2 is 1.97 bits per heavy atom. The molecule has 0 bridgehead atoms. The fourth-order valence-electron chi connectivity index (χ4n) is 3.60. The van der Waals surface area contributed by atoms with Gasteiger partial charge >= 0.3 is 0 Å². The van der Waals surface area contributed by atoms with E-state index < -0.39 is 0 Å². The number of likely N-dealkylation sites (tertiary alicyclic amines) is 1. The molecule has 0 aliphatic carbocycles. The zero-order valence-electron chi connectivity index (χ0n) is 17.1. The molecule has 158 valence electrons. The maximum absolute atomic E-state index is 12.6. The zero-order chi connectivity index (χ0) is 21.8. The van der Waals surface area contributed by atoms with E-state index >= 15 is 0 Å². The number of hydrogen-bond acceptors (Lipinski definition) is 5. The first-order chi connectivity index (χ1) is 15.0. The van der Waals surface area contributed by atoms with Gasteiger partial charge in [-0.3, -0.25) is 14.6 Å². The van der Waals surface area contributed by atoms with Gasteiger partial charge in [-0.25, -0.2) is 9.97 Å². The van der Waals surface area contributed by atoms with Crippen LogP contribution in [0.1, 0.15) is 39.9 Å². The number of nitrogens with zero attached hydrogens (tertiary/aromatic N) is 4. The average Bonchev–Trinajstić information content (AvgIpc) is 3.26. The van der Waals surface area contributed by atoms with Crippen molar-refractivity contribution in [1.82, 2.24) is 19.9 Å². The first kappa shape index (κ1) is 20.9. The summed E-state index contributed by atoms with van der Waals surface area (Å²) in [5.41, 5.74) is 2.43. The number of benzene rings is 1. The van der Waals surface area contributed by atoms with Crippen LogP contribution in [0.5, 0.6) is 0 Å². The van der Waals surface area contributed by atoms with Crippen molar-refractivity contribution in [2.75, 3.05) is 18.4 Å². The van der Waals surface area contributed by atoms with Crippen molar-refractivity contribution in [2.24, 2.45) is 0 Å². The number of aromatic nitrogens is 3. The molecule has 0 spiro atoms. The Morgan fingerprint density at radius 1 is 1.16 bits per heavy atom. The van der Waals surface area contributed by atoms with Gasteiger partial charge in [-0.15, -0.1) is 0 Å². The zero-order valence-corrected chi connectivity index (χ0v) is 17.8. The number of carbonyl (C=O) groups is 2. The Balaban J connectivity index is 1.39. The largest absolute Gasteiger partial charge is 0.342 e. The molecule has 3 heterocycles. The molecular weight excluding hydrogens is 414 g/mol. The first-order valence-corrected chi connectivity index (χ1v) is 10.5. The number of carbonyl (C=O) groups excluding carboxylic acids is 2. The molecule has 8 heteroatoms. The molecule has 3 aromatic rings. The number of pyridine rings is 1. The lowest BCUT2D eigenvalue weighted by Gasteiger charge is -2.16. The second-order valence-electron chi connectivity index (χ2n) is 7.51. The van der Waals surface area contributed by atoms with Crippen LogP contribution in [0.3, 0.4) is 0 Å². The minimum atomic E-state index is -0.273. The normalized spacial score (nSPS) is 15.7. The quantitative estimate of drug-likeness (QED) is 0.661. The summed E-state index contributed by atoms with van der Waals surface area (Å²) in [7, 11) is 0. The number of nitrogens with one attached hydrogen (secondary N) is 1. The van der Waals surface area contributed by atoms with Gasteiger partial charge in [-0.1, -0.05) is 17.7 Å². The van der Waals surface area contributed by atoms with Crippen LogP contribution < -0.4 is 5.32 Å². The molecule has 1 aliphatic rings. The van der Waals surface area contributed by atoms with Gasteiger partial charge in [0, 0.05) is 47.8 Å². The maximum Gasteiger partial charge on any atom is 0.259 e. The van der Waals surface area contributed by atoms with Crippen molar-refractivity contribution < 1.29 is 9.59 Å². The lowest BCUT2D eigenvalue weighted by Crippen LogP contribution is -2.30. The molecule has 2 aromatic heterocycles. The van der Waals surface area contributed by atoms with E-state index in [-0.39, 0.29) is 24.2 Å². The molecule has 1 saturated heterocycles. The number of amides is 2. The molecule has 1 aromatic carbocycles. The fraction of sp³-hybridized carbons (Fsp3) is 0.261. The Labute approximate surface area is 185 Å². The standard InChI is InChI=1S/C23H22ClN5O2/c1-15-20(23(31)28-18-7-5-17(24)6-8-18)13-26-22(27-15)16-9-11-29(14-16)21(30)12-19-4-2-3-10-25-19/h2-8,10,13,16H,9,11-12,14H2,1H3,(H,28,31)/t16-/m0/s1. The van der Waals surface area contributed by atoms with E-state index in [0.717, 1.165) is 12.1 Å². The monoisotopic (exact) mass is 435 g/mol. The van der Waals surface area contributed by atoms with Crippen molar-refractivity contribution in [1.29, 1.82) is 0 Å². The Kier molecular flexibility index (Phi) is 6.23. The fourth-order valence-corrected chi connectivity index (χ4v) is 3.73. The number of aryl methyl sites for hydroxylation is 1. The van der Waals surface area contributed by atoms with E-state index in [9.17, 15) is 9.59 Å². The first-order valence-electron chi connectivity index (χ1n) is 10.1.